The summed E-state index contributed by atoms with van der Waals surface area (Å²) in [5, 5.41) is 24.7. The molecule has 2 aromatic carbocycles. The lowest BCUT2D eigenvalue weighted by molar-refractivity contribution is -0.149. The van der Waals surface area contributed by atoms with Crippen molar-refractivity contribution in [2.45, 2.75) is 70.6 Å². The van der Waals surface area contributed by atoms with Gasteiger partial charge in [0.15, 0.2) is 0 Å². The van der Waals surface area contributed by atoms with Gasteiger partial charge in [-0.1, -0.05) is 38.8 Å². The van der Waals surface area contributed by atoms with Crippen molar-refractivity contribution >= 4 is 55.6 Å². The van der Waals surface area contributed by atoms with Crippen molar-refractivity contribution in [3.05, 3.63) is 53.0 Å². The molecule has 0 bridgehead atoms. The molecule has 3 atom stereocenters. The zero-order valence-electron chi connectivity index (χ0n) is 26.8. The third-order valence-corrected chi connectivity index (χ3v) is 9.59. The summed E-state index contributed by atoms with van der Waals surface area (Å²) in [5.41, 5.74) is 0.630. The van der Waals surface area contributed by atoms with Crippen molar-refractivity contribution < 1.29 is 33.7 Å². The van der Waals surface area contributed by atoms with Gasteiger partial charge in [-0.2, -0.15) is 5.26 Å². The molecule has 3 aromatic rings. The van der Waals surface area contributed by atoms with E-state index < -0.39 is 36.2 Å². The fraction of sp³-hybridized carbons (Fsp3) is 0.457. The third kappa shape index (κ3) is 7.46. The number of halogens is 1. The second-order valence-electron chi connectivity index (χ2n) is 13.0. The number of carboxylic acids is 1. The number of amides is 2. The molecule has 2 heterocycles. The van der Waals surface area contributed by atoms with Gasteiger partial charge in [0.1, 0.15) is 23.9 Å². The average molecular weight is 708 g/mol. The summed E-state index contributed by atoms with van der Waals surface area (Å²) in [4.78, 5) is 45.6. The highest BCUT2D eigenvalue weighted by atomic mass is 79.9. The molecule has 2 N–H and O–H groups in total. The molecule has 1 aliphatic carbocycles. The summed E-state index contributed by atoms with van der Waals surface area (Å²) in [6.07, 6.45) is 4.32. The largest absolute Gasteiger partial charge is 0.496 e. The van der Waals surface area contributed by atoms with Crippen LogP contribution in [0.2, 0.25) is 0 Å². The van der Waals surface area contributed by atoms with E-state index in [0.29, 0.717) is 33.1 Å². The van der Waals surface area contributed by atoms with Crippen LogP contribution in [-0.2, 0) is 14.3 Å². The Morgan fingerprint density at radius 3 is 2.62 bits per heavy atom. The first-order chi connectivity index (χ1) is 22.4. The number of carbonyl (C=O) groups is 3. The minimum absolute atomic E-state index is 0.0150. The normalized spacial score (nSPS) is 18.9. The van der Waals surface area contributed by atoms with Crippen LogP contribution in [0.5, 0.6) is 11.6 Å². The fourth-order valence-electron chi connectivity index (χ4n) is 6.54. The first-order valence-corrected chi connectivity index (χ1v) is 16.5. The highest BCUT2D eigenvalue weighted by molar-refractivity contribution is 9.10. The predicted molar refractivity (Wildman–Crippen MR) is 179 cm³/mol. The maximum absolute atomic E-state index is 14.1. The number of nitrogens with zero attached hydrogens (tertiary/aromatic N) is 3. The Hall–Kier alpha value is -4.37. The van der Waals surface area contributed by atoms with Crippen molar-refractivity contribution in [1.29, 1.82) is 5.26 Å². The summed E-state index contributed by atoms with van der Waals surface area (Å²) in [5.74, 6) is -0.938. The lowest BCUT2D eigenvalue weighted by atomic mass is 9.91. The van der Waals surface area contributed by atoms with E-state index in [1.165, 1.54) is 4.90 Å². The van der Waals surface area contributed by atoms with Gasteiger partial charge < -0.3 is 29.5 Å². The topological polar surface area (TPSA) is 151 Å². The minimum Gasteiger partial charge on any atom is -0.496 e. The number of benzene rings is 2. The monoisotopic (exact) mass is 706 g/mol. The summed E-state index contributed by atoms with van der Waals surface area (Å²) in [6.45, 7) is 7.78. The number of carbonyl (C=O) groups excluding carboxylic acids is 2. The number of alkyl carbamates (subject to hydrolysis) is 1. The van der Waals surface area contributed by atoms with Crippen LogP contribution in [0.25, 0.3) is 21.7 Å². The number of carboxylic acid groups (broad SMARTS) is 1. The Labute approximate surface area is 282 Å². The standard InChI is InChI=1S/C35H39BrN4O7/c1-5-12-35(2,3)19-46-34(44)39-30(21-8-6-7-9-21)32(41)40-18-22(14-28(40)33(42)43)47-31-25-15-26(36)29(45-4)16-24(25)23-11-10-20(17-37)13-27(23)38-31/h5,10-11,13,15-16,21-22,28,30H,1,6-9,12,14,18-19H2,2-4H3,(H,39,44)(H,42,43)/t22-,28+,30+/m1/s1. The molecule has 2 amide bonds. The number of ether oxygens (including phenoxy) is 3. The number of likely N-dealkylation sites (tertiary alicyclic amines) is 1. The van der Waals surface area contributed by atoms with Gasteiger partial charge in [0.25, 0.3) is 0 Å². The lowest BCUT2D eigenvalue weighted by Crippen LogP contribution is -2.54. The summed E-state index contributed by atoms with van der Waals surface area (Å²) >= 11 is 3.53. The SMILES string of the molecule is C=CCC(C)(C)COC(=O)N[C@H](C(=O)N1C[C@H](Oc2nc3cc(C#N)ccc3c3cc(OC)c(Br)cc23)C[C@H]1C(=O)O)C1CCCC1. The zero-order valence-corrected chi connectivity index (χ0v) is 28.3. The van der Waals surface area contributed by atoms with Crippen molar-refractivity contribution in [2.75, 3.05) is 20.3 Å². The Morgan fingerprint density at radius 2 is 1.96 bits per heavy atom. The zero-order chi connectivity index (χ0) is 33.9. The molecule has 12 heteroatoms. The van der Waals surface area contributed by atoms with E-state index in [9.17, 15) is 24.8 Å². The summed E-state index contributed by atoms with van der Waals surface area (Å²) in [6, 6.07) is 8.90. The number of nitrogens with one attached hydrogen (secondary N) is 1. The highest BCUT2D eigenvalue weighted by Gasteiger charge is 2.45. The van der Waals surface area contributed by atoms with Gasteiger partial charge in [0, 0.05) is 28.0 Å². The second kappa shape index (κ2) is 14.2. The first-order valence-electron chi connectivity index (χ1n) is 15.7. The molecule has 5 rings (SSSR count). The van der Waals surface area contributed by atoms with E-state index in [0.717, 1.165) is 36.5 Å². The number of aliphatic carboxylic acids is 1. The molecule has 1 aliphatic heterocycles. The maximum atomic E-state index is 14.1. The van der Waals surface area contributed by atoms with Crippen molar-refractivity contribution in [3.8, 4) is 17.7 Å². The molecule has 1 saturated heterocycles. The van der Waals surface area contributed by atoms with Crippen LogP contribution < -0.4 is 14.8 Å². The molecule has 0 radical (unpaired) electrons. The van der Waals surface area contributed by atoms with E-state index in [-0.39, 0.29) is 36.8 Å². The highest BCUT2D eigenvalue weighted by Crippen LogP contribution is 2.39. The Balaban J connectivity index is 1.42. The number of hydrogen-bond acceptors (Lipinski definition) is 8. The van der Waals surface area contributed by atoms with Gasteiger partial charge in [-0.05, 0) is 65.4 Å². The molecule has 1 saturated carbocycles. The number of pyridine rings is 1. The number of allylic oxidation sites excluding steroid dienone is 1. The molecule has 0 unspecified atom stereocenters. The average Bonchev–Trinajstić information content (AvgIpc) is 3.73. The lowest BCUT2D eigenvalue weighted by Gasteiger charge is -2.30. The second-order valence-corrected chi connectivity index (χ2v) is 13.9. The maximum Gasteiger partial charge on any atom is 0.407 e. The van der Waals surface area contributed by atoms with Gasteiger partial charge in [-0.15, -0.1) is 6.58 Å². The van der Waals surface area contributed by atoms with Gasteiger partial charge in [0.2, 0.25) is 11.8 Å². The molecular weight excluding hydrogens is 668 g/mol. The van der Waals surface area contributed by atoms with Crippen molar-refractivity contribution in [3.63, 3.8) is 0 Å². The number of methoxy groups -OCH3 is 1. The smallest absolute Gasteiger partial charge is 0.407 e. The fourth-order valence-corrected chi connectivity index (χ4v) is 7.04. The summed E-state index contributed by atoms with van der Waals surface area (Å²) < 4.78 is 18.1. The van der Waals surface area contributed by atoms with Crippen LogP contribution in [0, 0.1) is 22.7 Å². The molecule has 248 valence electrons. The molecule has 2 fully saturated rings. The Morgan fingerprint density at radius 1 is 1.21 bits per heavy atom. The van der Waals surface area contributed by atoms with Gasteiger partial charge in [-0.3, -0.25) is 4.79 Å². The quantitative estimate of drug-likeness (QED) is 0.172. The van der Waals surface area contributed by atoms with Crippen LogP contribution in [0.4, 0.5) is 4.79 Å². The number of nitriles is 1. The van der Waals surface area contributed by atoms with E-state index in [1.807, 2.05) is 32.0 Å². The number of fused-ring (bicyclic) bond motifs is 3. The van der Waals surface area contributed by atoms with Crippen LogP contribution in [-0.4, -0.2) is 71.4 Å². The number of aromatic nitrogens is 1. The Kier molecular flexibility index (Phi) is 10.2. The Bertz CT molecular complexity index is 1750. The number of hydrogen-bond donors (Lipinski definition) is 2. The van der Waals surface area contributed by atoms with Crippen LogP contribution in [0.3, 0.4) is 0 Å². The van der Waals surface area contributed by atoms with E-state index in [4.69, 9.17) is 19.2 Å². The third-order valence-electron chi connectivity index (χ3n) is 8.97. The van der Waals surface area contributed by atoms with Crippen LogP contribution in [0.1, 0.15) is 57.9 Å². The van der Waals surface area contributed by atoms with Gasteiger partial charge >= 0.3 is 12.1 Å². The van der Waals surface area contributed by atoms with Crippen LogP contribution >= 0.6 is 15.9 Å². The summed E-state index contributed by atoms with van der Waals surface area (Å²) in [7, 11) is 1.56. The molecule has 47 heavy (non-hydrogen) atoms. The van der Waals surface area contributed by atoms with Crippen LogP contribution in [0.15, 0.2) is 47.5 Å². The minimum atomic E-state index is -1.16. The first kappa shape index (κ1) is 34.0. The van der Waals surface area contributed by atoms with Gasteiger partial charge in [0.05, 0.1) is 41.9 Å². The molecule has 0 spiro atoms. The molecular formula is C35H39BrN4O7. The van der Waals surface area contributed by atoms with E-state index in [2.05, 4.69) is 33.9 Å². The van der Waals surface area contributed by atoms with E-state index >= 15 is 0 Å². The van der Waals surface area contributed by atoms with Crippen molar-refractivity contribution in [2.24, 2.45) is 11.3 Å². The molecule has 2 aliphatic rings. The van der Waals surface area contributed by atoms with Crippen molar-refractivity contribution in [1.82, 2.24) is 15.2 Å². The molecule has 11 nitrogen and oxygen atoms in total. The predicted octanol–water partition coefficient (Wildman–Crippen LogP) is 6.35. The van der Waals surface area contributed by atoms with E-state index in [1.54, 1.807) is 25.3 Å². The van der Waals surface area contributed by atoms with Gasteiger partial charge in [-0.25, -0.2) is 14.6 Å². The number of rotatable bonds is 11. The molecule has 1 aromatic heterocycles.